The first-order valence-corrected chi connectivity index (χ1v) is 26.9. The average Bonchev–Trinajstić information content (AvgIpc) is 3.27. The van der Waals surface area contributed by atoms with Crippen LogP contribution in [0.5, 0.6) is 0 Å². The lowest BCUT2D eigenvalue weighted by atomic mass is 10.0. The predicted octanol–water partition coefficient (Wildman–Crippen LogP) is 15.4. The van der Waals surface area contributed by atoms with Crippen molar-refractivity contribution < 1.29 is 37.6 Å². The minimum atomic E-state index is -4.40. The van der Waals surface area contributed by atoms with Crippen molar-refractivity contribution in [3.05, 3.63) is 72.9 Å². The second-order valence-electron chi connectivity index (χ2n) is 16.7. The third-order valence-corrected chi connectivity index (χ3v) is 11.6. The van der Waals surface area contributed by atoms with Gasteiger partial charge in [0.1, 0.15) is 6.61 Å². The molecule has 0 aliphatic heterocycles. The van der Waals surface area contributed by atoms with E-state index in [1.165, 1.54) is 122 Å². The van der Waals surface area contributed by atoms with Gasteiger partial charge in [-0.2, -0.15) is 0 Å². The fourth-order valence-corrected chi connectivity index (χ4v) is 7.60. The minimum absolute atomic E-state index is 0.0439. The molecule has 0 aromatic carbocycles. The summed E-state index contributed by atoms with van der Waals surface area (Å²) < 4.78 is 32.8. The number of carbonyl (C=O) groups is 2. The highest BCUT2D eigenvalue weighted by Gasteiger charge is 2.26. The van der Waals surface area contributed by atoms with E-state index in [1.807, 2.05) is 0 Å². The van der Waals surface area contributed by atoms with Gasteiger partial charge in [0.15, 0.2) is 6.10 Å². The zero-order chi connectivity index (χ0) is 46.0. The largest absolute Gasteiger partial charge is 0.472 e. The van der Waals surface area contributed by atoms with E-state index in [0.717, 1.165) is 64.2 Å². The SMILES string of the molecule is CC/C=C\C/C=C\C/C=C\C/C=C\CCCCC(=O)OC(COC(=O)CCCCCCCCCCCCCCCCC/C=C\C/C=C\CCCCCCC)COP(=O)(O)OCCN. The molecule has 0 bridgehead atoms. The van der Waals surface area contributed by atoms with Crippen LogP contribution in [0.1, 0.15) is 219 Å². The van der Waals surface area contributed by atoms with Gasteiger partial charge in [0.25, 0.3) is 0 Å². The molecule has 9 nitrogen and oxygen atoms in total. The summed E-state index contributed by atoms with van der Waals surface area (Å²) >= 11 is 0. The van der Waals surface area contributed by atoms with Crippen LogP contribution in [0.3, 0.4) is 0 Å². The van der Waals surface area contributed by atoms with Crippen LogP contribution >= 0.6 is 7.82 Å². The fourth-order valence-electron chi connectivity index (χ4n) is 6.83. The molecule has 0 radical (unpaired) electrons. The molecule has 0 fully saturated rings. The smallest absolute Gasteiger partial charge is 0.462 e. The van der Waals surface area contributed by atoms with Gasteiger partial charge in [0, 0.05) is 19.4 Å². The van der Waals surface area contributed by atoms with Crippen molar-refractivity contribution in [3.63, 3.8) is 0 Å². The van der Waals surface area contributed by atoms with Crippen molar-refractivity contribution in [3.8, 4) is 0 Å². The van der Waals surface area contributed by atoms with Crippen LogP contribution in [0.15, 0.2) is 72.9 Å². The predicted molar refractivity (Wildman–Crippen MR) is 266 cm³/mol. The molecule has 0 heterocycles. The van der Waals surface area contributed by atoms with Gasteiger partial charge in [-0.15, -0.1) is 0 Å². The summed E-state index contributed by atoms with van der Waals surface area (Å²) in [5.41, 5.74) is 5.36. The number of carbonyl (C=O) groups excluding carboxylic acids is 2. The quantitative estimate of drug-likeness (QED) is 0.0265. The molecule has 0 saturated carbocycles. The van der Waals surface area contributed by atoms with Gasteiger partial charge < -0.3 is 20.1 Å². The van der Waals surface area contributed by atoms with E-state index in [-0.39, 0.29) is 32.6 Å². The van der Waals surface area contributed by atoms with Crippen molar-refractivity contribution in [1.29, 1.82) is 0 Å². The number of hydrogen-bond acceptors (Lipinski definition) is 8. The summed E-state index contributed by atoms with van der Waals surface area (Å²) in [7, 11) is -4.40. The number of unbranched alkanes of at least 4 members (excludes halogenated alkanes) is 22. The molecule has 0 amide bonds. The molecule has 0 rings (SSSR count). The Morgan fingerprint density at radius 2 is 0.873 bits per heavy atom. The van der Waals surface area contributed by atoms with Gasteiger partial charge in [-0.25, -0.2) is 4.57 Å². The molecule has 0 aliphatic rings. The van der Waals surface area contributed by atoms with Gasteiger partial charge in [-0.1, -0.05) is 196 Å². The van der Waals surface area contributed by atoms with E-state index >= 15 is 0 Å². The first-order chi connectivity index (χ1) is 30.8. The molecular weight excluding hydrogens is 810 g/mol. The maximum Gasteiger partial charge on any atom is 0.472 e. The molecule has 3 N–H and O–H groups in total. The first-order valence-electron chi connectivity index (χ1n) is 25.4. The van der Waals surface area contributed by atoms with Crippen LogP contribution in [0.25, 0.3) is 0 Å². The summed E-state index contributed by atoms with van der Waals surface area (Å²) in [5, 5.41) is 0. The third-order valence-electron chi connectivity index (χ3n) is 10.6. The summed E-state index contributed by atoms with van der Waals surface area (Å²) in [5.74, 6) is -0.877. The summed E-state index contributed by atoms with van der Waals surface area (Å²) in [6, 6.07) is 0. The van der Waals surface area contributed by atoms with Crippen molar-refractivity contribution in [2.75, 3.05) is 26.4 Å². The molecule has 2 unspecified atom stereocenters. The maximum absolute atomic E-state index is 12.6. The fraction of sp³-hybridized carbons (Fsp3) is 0.736. The van der Waals surface area contributed by atoms with Crippen molar-refractivity contribution in [2.45, 2.75) is 225 Å². The van der Waals surface area contributed by atoms with E-state index in [2.05, 4.69) is 86.8 Å². The Balaban J connectivity index is 4.01. The highest BCUT2D eigenvalue weighted by atomic mass is 31.2. The van der Waals surface area contributed by atoms with Crippen LogP contribution in [0.2, 0.25) is 0 Å². The molecule has 0 aromatic rings. The Hall–Kier alpha value is -2.55. The number of esters is 2. The molecule has 0 saturated heterocycles. The van der Waals surface area contributed by atoms with Gasteiger partial charge in [0.2, 0.25) is 0 Å². The van der Waals surface area contributed by atoms with Crippen LogP contribution in [0.4, 0.5) is 0 Å². The molecule has 10 heteroatoms. The molecule has 0 aliphatic carbocycles. The highest BCUT2D eigenvalue weighted by Crippen LogP contribution is 2.43. The summed E-state index contributed by atoms with van der Waals surface area (Å²) in [6.45, 7) is 3.57. The van der Waals surface area contributed by atoms with Crippen LogP contribution in [-0.2, 0) is 32.7 Å². The van der Waals surface area contributed by atoms with E-state index < -0.39 is 32.5 Å². The number of rotatable bonds is 47. The zero-order valence-electron chi connectivity index (χ0n) is 40.3. The van der Waals surface area contributed by atoms with Crippen molar-refractivity contribution in [1.82, 2.24) is 0 Å². The lowest BCUT2D eigenvalue weighted by Crippen LogP contribution is -2.29. The van der Waals surface area contributed by atoms with Gasteiger partial charge >= 0.3 is 19.8 Å². The zero-order valence-corrected chi connectivity index (χ0v) is 41.2. The molecule has 63 heavy (non-hydrogen) atoms. The topological polar surface area (TPSA) is 134 Å². The van der Waals surface area contributed by atoms with Crippen LogP contribution < -0.4 is 5.73 Å². The average molecular weight is 904 g/mol. The van der Waals surface area contributed by atoms with Crippen molar-refractivity contribution >= 4 is 19.8 Å². The lowest BCUT2D eigenvalue weighted by molar-refractivity contribution is -0.161. The highest BCUT2D eigenvalue weighted by molar-refractivity contribution is 7.47. The Labute approximate surface area is 386 Å². The molecule has 0 aromatic heterocycles. The maximum atomic E-state index is 12.6. The Morgan fingerprint density at radius 1 is 0.492 bits per heavy atom. The number of phosphoric acid groups is 1. The van der Waals surface area contributed by atoms with Crippen LogP contribution in [0, 0.1) is 0 Å². The number of ether oxygens (including phenoxy) is 2. The van der Waals surface area contributed by atoms with E-state index in [4.69, 9.17) is 24.3 Å². The molecule has 0 spiro atoms. The Morgan fingerprint density at radius 3 is 1.33 bits per heavy atom. The normalized spacial score (nSPS) is 13.8. The minimum Gasteiger partial charge on any atom is -0.462 e. The van der Waals surface area contributed by atoms with E-state index in [1.54, 1.807) is 0 Å². The molecule has 364 valence electrons. The Kier molecular flexibility index (Phi) is 46.9. The third kappa shape index (κ3) is 48.7. The van der Waals surface area contributed by atoms with Gasteiger partial charge in [0.05, 0.1) is 13.2 Å². The van der Waals surface area contributed by atoms with Crippen molar-refractivity contribution in [2.24, 2.45) is 5.73 Å². The van der Waals surface area contributed by atoms with Crippen LogP contribution in [-0.4, -0.2) is 49.3 Å². The lowest BCUT2D eigenvalue weighted by Gasteiger charge is -2.19. The molecule has 2 atom stereocenters. The number of hydrogen-bond donors (Lipinski definition) is 2. The van der Waals surface area contributed by atoms with E-state index in [9.17, 15) is 19.0 Å². The molecular formula is C53H94NO8P. The standard InChI is InChI=1S/C53H94NO8P/c1-3-5-7-9-11-13-15-17-19-20-21-22-23-24-25-26-27-28-29-30-32-33-35-37-39-41-43-45-52(55)59-49-51(50-61-63(57,58)60-48-47-54)62-53(56)46-44-42-40-38-36-34-31-18-16-14-12-10-8-6-4-2/h6,8,12,14-15,17-18,20-21,31,36,38,51H,3-5,7,9-11,13,16,19,22-30,32-35,37,39-50,54H2,1-2H3,(H,57,58)/b8-6-,14-12-,17-15-,21-20-,31-18-,38-36-. The number of nitrogens with two attached hydrogens (primary N) is 1. The van der Waals surface area contributed by atoms with Gasteiger partial charge in [-0.05, 0) is 83.5 Å². The first kappa shape index (κ1) is 60.5. The second-order valence-corrected chi connectivity index (χ2v) is 18.1. The number of phosphoric ester groups is 1. The Bertz CT molecular complexity index is 1260. The summed E-state index contributed by atoms with van der Waals surface area (Å²) in [6.07, 6.45) is 61.0. The van der Waals surface area contributed by atoms with Gasteiger partial charge in [-0.3, -0.25) is 18.6 Å². The van der Waals surface area contributed by atoms with E-state index in [0.29, 0.717) is 6.42 Å². The monoisotopic (exact) mass is 904 g/mol. The second kappa shape index (κ2) is 48.9. The number of allylic oxidation sites excluding steroid dienone is 12. The summed E-state index contributed by atoms with van der Waals surface area (Å²) in [4.78, 5) is 35.0.